The number of piperazine rings is 1. The lowest BCUT2D eigenvalue weighted by atomic mass is 9.86. The summed E-state index contributed by atoms with van der Waals surface area (Å²) in [6, 6.07) is 14.1. The number of carbonyl (C=O) groups is 1. The topological polar surface area (TPSA) is 64.3 Å². The molecule has 1 atom stereocenters. The van der Waals surface area contributed by atoms with E-state index in [1.807, 2.05) is 15.6 Å². The maximum absolute atomic E-state index is 13.0. The van der Waals surface area contributed by atoms with Gasteiger partial charge in [-0.3, -0.25) is 4.79 Å². The van der Waals surface area contributed by atoms with Crippen molar-refractivity contribution in [3.63, 3.8) is 0 Å². The van der Waals surface area contributed by atoms with Crippen molar-refractivity contribution < 1.29 is 9.90 Å². The molecule has 1 amide bonds. The van der Waals surface area contributed by atoms with E-state index in [9.17, 15) is 9.90 Å². The van der Waals surface area contributed by atoms with Crippen LogP contribution in [0.15, 0.2) is 48.8 Å². The van der Waals surface area contributed by atoms with Crippen LogP contribution >= 0.6 is 0 Å². The van der Waals surface area contributed by atoms with Crippen molar-refractivity contribution in [3.05, 3.63) is 54.4 Å². The monoisotopic (exact) mass is 515 g/mol. The Morgan fingerprint density at radius 3 is 2.34 bits per heavy atom. The molecule has 3 aliphatic rings. The summed E-state index contributed by atoms with van der Waals surface area (Å²) in [6.07, 6.45) is 8.15. The zero-order valence-electron chi connectivity index (χ0n) is 22.8. The van der Waals surface area contributed by atoms with Crippen LogP contribution in [0.2, 0.25) is 0 Å². The molecule has 202 valence electrons. The highest BCUT2D eigenvalue weighted by molar-refractivity contribution is 5.81. The number of nitrogens with zero attached hydrogens (tertiary/aromatic N) is 5. The maximum Gasteiger partial charge on any atom is 0.225 e. The van der Waals surface area contributed by atoms with Gasteiger partial charge in [0.05, 0.1) is 17.3 Å². The van der Waals surface area contributed by atoms with E-state index in [2.05, 4.69) is 71.3 Å². The van der Waals surface area contributed by atoms with Crippen molar-refractivity contribution in [1.29, 1.82) is 0 Å². The molecule has 1 aromatic carbocycles. The van der Waals surface area contributed by atoms with Gasteiger partial charge in [-0.2, -0.15) is 5.10 Å². The zero-order valence-corrected chi connectivity index (χ0v) is 22.8. The van der Waals surface area contributed by atoms with E-state index in [4.69, 9.17) is 0 Å². The molecule has 4 heterocycles. The zero-order chi connectivity index (χ0) is 26.2. The molecule has 2 aromatic heterocycles. The van der Waals surface area contributed by atoms with Crippen LogP contribution in [0.25, 0.3) is 16.6 Å². The molecule has 38 heavy (non-hydrogen) atoms. The summed E-state index contributed by atoms with van der Waals surface area (Å²) >= 11 is 0. The van der Waals surface area contributed by atoms with Gasteiger partial charge in [-0.25, -0.2) is 4.52 Å². The number of carbonyl (C=O) groups excluding carboxylic acids is 1. The molecule has 0 spiro atoms. The Hall–Kier alpha value is -2.90. The Bertz CT molecular complexity index is 1250. The summed E-state index contributed by atoms with van der Waals surface area (Å²) < 4.78 is 1.99. The van der Waals surface area contributed by atoms with Gasteiger partial charge in [0, 0.05) is 62.6 Å². The maximum atomic E-state index is 13.0. The molecule has 2 aliphatic heterocycles. The molecule has 1 aliphatic carbocycles. The number of aliphatic hydroxyl groups excluding tert-OH is 1. The third-order valence-electron chi connectivity index (χ3n) is 9.13. The second kappa shape index (κ2) is 10.7. The van der Waals surface area contributed by atoms with E-state index >= 15 is 0 Å². The summed E-state index contributed by atoms with van der Waals surface area (Å²) in [6.45, 7) is 10.1. The van der Waals surface area contributed by atoms with Crippen LogP contribution in [0.5, 0.6) is 0 Å². The SMILES string of the molecule is CC(C)N1CC[C@H](c2ccc(-c3cc4c(N5CCN(C(=O)C6CCC(O)CC6)CC5)ccnn4c3)cc2)C1. The van der Waals surface area contributed by atoms with E-state index < -0.39 is 0 Å². The average molecular weight is 516 g/mol. The van der Waals surface area contributed by atoms with Crippen LogP contribution in [0, 0.1) is 5.92 Å². The summed E-state index contributed by atoms with van der Waals surface area (Å²) in [5.41, 5.74) is 6.12. The number of fused-ring (bicyclic) bond motifs is 1. The molecule has 1 saturated carbocycles. The third kappa shape index (κ3) is 5.06. The first-order valence-electron chi connectivity index (χ1n) is 14.5. The first kappa shape index (κ1) is 25.4. The highest BCUT2D eigenvalue weighted by Crippen LogP contribution is 2.33. The van der Waals surface area contributed by atoms with Crippen molar-refractivity contribution in [2.24, 2.45) is 5.92 Å². The van der Waals surface area contributed by atoms with Crippen molar-refractivity contribution in [3.8, 4) is 11.1 Å². The first-order chi connectivity index (χ1) is 18.5. The fourth-order valence-electron chi connectivity index (χ4n) is 6.65. The minimum Gasteiger partial charge on any atom is -0.393 e. The molecule has 3 fully saturated rings. The van der Waals surface area contributed by atoms with E-state index in [-0.39, 0.29) is 17.9 Å². The minimum atomic E-state index is -0.224. The lowest BCUT2D eigenvalue weighted by Gasteiger charge is -2.38. The molecule has 0 bridgehead atoms. The van der Waals surface area contributed by atoms with Crippen molar-refractivity contribution >= 4 is 17.1 Å². The van der Waals surface area contributed by atoms with Gasteiger partial charge in [0.2, 0.25) is 5.91 Å². The molecule has 0 unspecified atom stereocenters. The summed E-state index contributed by atoms with van der Waals surface area (Å²) in [4.78, 5) is 20.0. The standard InChI is InChI=1S/C31H41N5O2/c1-22(2)35-14-12-26(20-35)23-3-5-24(6-4-23)27-19-30-29(11-13-32-36(30)21-27)33-15-17-34(18-16-33)31(38)25-7-9-28(37)10-8-25/h3-6,11,13,19,21-22,25-26,28,37H,7-10,12,14-18,20H2,1-2H3/t25?,26-,28?/m0/s1. The Morgan fingerprint density at radius 1 is 0.921 bits per heavy atom. The first-order valence-corrected chi connectivity index (χ1v) is 14.5. The number of rotatable bonds is 5. The summed E-state index contributed by atoms with van der Waals surface area (Å²) in [5, 5.41) is 14.4. The molecule has 2 saturated heterocycles. The third-order valence-corrected chi connectivity index (χ3v) is 9.13. The second-order valence-corrected chi connectivity index (χ2v) is 11.8. The predicted molar refractivity (Wildman–Crippen MR) is 151 cm³/mol. The van der Waals surface area contributed by atoms with Gasteiger partial charge in [-0.05, 0) is 81.7 Å². The van der Waals surface area contributed by atoms with Gasteiger partial charge in [-0.15, -0.1) is 0 Å². The van der Waals surface area contributed by atoms with Crippen LogP contribution in [-0.2, 0) is 4.79 Å². The molecule has 6 rings (SSSR count). The average Bonchev–Trinajstić information content (AvgIpc) is 3.61. The van der Waals surface area contributed by atoms with Crippen LogP contribution in [0.4, 0.5) is 5.69 Å². The quantitative estimate of drug-likeness (QED) is 0.546. The van der Waals surface area contributed by atoms with Crippen LogP contribution in [0.3, 0.4) is 0 Å². The van der Waals surface area contributed by atoms with E-state index in [1.54, 1.807) is 0 Å². The Kier molecular flexibility index (Phi) is 7.14. The smallest absolute Gasteiger partial charge is 0.225 e. The second-order valence-electron chi connectivity index (χ2n) is 11.8. The van der Waals surface area contributed by atoms with Gasteiger partial charge in [0.1, 0.15) is 0 Å². The van der Waals surface area contributed by atoms with Gasteiger partial charge in [0.15, 0.2) is 0 Å². The molecule has 1 N–H and O–H groups in total. The number of benzene rings is 1. The van der Waals surface area contributed by atoms with Crippen LogP contribution in [0.1, 0.15) is 57.4 Å². The van der Waals surface area contributed by atoms with E-state index in [1.165, 1.54) is 35.3 Å². The Labute approximate surface area is 226 Å². The van der Waals surface area contributed by atoms with Crippen molar-refractivity contribution in [2.75, 3.05) is 44.2 Å². The van der Waals surface area contributed by atoms with Gasteiger partial charge in [0.25, 0.3) is 0 Å². The lowest BCUT2D eigenvalue weighted by molar-refractivity contribution is -0.137. The normalized spacial score (nSPS) is 25.0. The largest absolute Gasteiger partial charge is 0.393 e. The van der Waals surface area contributed by atoms with Crippen molar-refractivity contribution in [1.82, 2.24) is 19.4 Å². The number of likely N-dealkylation sites (tertiary alicyclic amines) is 1. The summed E-state index contributed by atoms with van der Waals surface area (Å²) in [7, 11) is 0. The number of amides is 1. The Morgan fingerprint density at radius 2 is 1.66 bits per heavy atom. The van der Waals surface area contributed by atoms with Crippen molar-refractivity contribution in [2.45, 2.75) is 64.0 Å². The minimum absolute atomic E-state index is 0.0833. The van der Waals surface area contributed by atoms with Crippen LogP contribution < -0.4 is 4.90 Å². The fraction of sp³-hybridized carbons (Fsp3) is 0.548. The highest BCUT2D eigenvalue weighted by atomic mass is 16.3. The molecule has 7 heteroatoms. The van der Waals surface area contributed by atoms with Gasteiger partial charge < -0.3 is 19.8 Å². The molecular formula is C31H41N5O2. The van der Waals surface area contributed by atoms with E-state index in [0.717, 1.165) is 63.9 Å². The van der Waals surface area contributed by atoms with Crippen LogP contribution in [-0.4, -0.2) is 81.8 Å². The summed E-state index contributed by atoms with van der Waals surface area (Å²) in [5.74, 6) is 0.988. The van der Waals surface area contributed by atoms with E-state index in [0.29, 0.717) is 12.0 Å². The van der Waals surface area contributed by atoms with Gasteiger partial charge >= 0.3 is 0 Å². The molecular weight excluding hydrogens is 474 g/mol. The number of hydrogen-bond donors (Lipinski definition) is 1. The number of aromatic nitrogens is 2. The number of anilines is 1. The fourth-order valence-corrected chi connectivity index (χ4v) is 6.65. The molecule has 3 aromatic rings. The molecule has 7 nitrogen and oxygen atoms in total. The lowest BCUT2D eigenvalue weighted by Crippen LogP contribution is -2.51. The number of aliphatic hydroxyl groups is 1. The number of hydrogen-bond acceptors (Lipinski definition) is 5. The predicted octanol–water partition coefficient (Wildman–Crippen LogP) is 4.40. The highest BCUT2D eigenvalue weighted by Gasteiger charge is 2.31. The molecule has 0 radical (unpaired) electrons. The van der Waals surface area contributed by atoms with Gasteiger partial charge in [-0.1, -0.05) is 24.3 Å². The Balaban J connectivity index is 1.13.